The minimum absolute atomic E-state index is 0.536. The third-order valence-electron chi connectivity index (χ3n) is 2.90. The molecule has 1 fully saturated rings. The van der Waals surface area contributed by atoms with Crippen molar-refractivity contribution < 1.29 is 4.89 Å². The van der Waals surface area contributed by atoms with Gasteiger partial charge in [-0.1, -0.05) is 13.8 Å². The van der Waals surface area contributed by atoms with Crippen LogP contribution in [0.4, 0.5) is 0 Å². The van der Waals surface area contributed by atoms with Crippen LogP contribution in [0.3, 0.4) is 0 Å². The Morgan fingerprint density at radius 1 is 1.27 bits per heavy atom. The van der Waals surface area contributed by atoms with Gasteiger partial charge in [-0.3, -0.25) is 0 Å². The Kier molecular flexibility index (Phi) is 3.77. The molecule has 0 radical (unpaired) electrons. The highest BCUT2D eigenvalue weighted by atomic mass is 31.1. The van der Waals surface area contributed by atoms with E-state index in [0.717, 1.165) is 11.8 Å². The molecule has 4 atom stereocenters. The van der Waals surface area contributed by atoms with E-state index in [1.807, 2.05) is 0 Å². The van der Waals surface area contributed by atoms with Crippen molar-refractivity contribution in [2.45, 2.75) is 39.2 Å². The summed E-state index contributed by atoms with van der Waals surface area (Å²) >= 11 is 0. The van der Waals surface area contributed by atoms with Crippen LogP contribution in [-0.4, -0.2) is 6.04 Å². The van der Waals surface area contributed by atoms with Crippen molar-refractivity contribution >= 4 is 8.96 Å². The molecule has 2 nitrogen and oxygen atoms in total. The number of rotatable bonds is 2. The van der Waals surface area contributed by atoms with Gasteiger partial charge in [-0.25, -0.2) is 0 Å². The molecule has 1 N–H and O–H groups in total. The van der Waals surface area contributed by atoms with Gasteiger partial charge >= 0.3 is 0 Å². The van der Waals surface area contributed by atoms with Crippen molar-refractivity contribution in [3.63, 3.8) is 0 Å². The van der Waals surface area contributed by atoms with Crippen LogP contribution in [0.1, 0.15) is 33.1 Å². The molecule has 0 saturated heterocycles. The van der Waals surface area contributed by atoms with Crippen molar-refractivity contribution in [2.75, 3.05) is 0 Å². The van der Waals surface area contributed by atoms with Crippen LogP contribution in [0.5, 0.6) is 0 Å². The number of nitrogens with one attached hydrogen (secondary N) is 1. The lowest BCUT2D eigenvalue weighted by Gasteiger charge is -2.31. The van der Waals surface area contributed by atoms with E-state index in [2.05, 4.69) is 18.9 Å². The molecule has 0 bridgehead atoms. The van der Waals surface area contributed by atoms with E-state index in [9.17, 15) is 4.89 Å². The molecule has 2 unspecified atom stereocenters. The van der Waals surface area contributed by atoms with E-state index in [0.29, 0.717) is 6.04 Å². The van der Waals surface area contributed by atoms with Gasteiger partial charge in [0.25, 0.3) is 0 Å². The summed E-state index contributed by atoms with van der Waals surface area (Å²) in [5, 5.41) is 3.06. The monoisotopic (exact) mass is 175 g/mol. The molecule has 0 aliphatic heterocycles. The first-order chi connectivity index (χ1) is 5.24. The van der Waals surface area contributed by atoms with Crippen LogP contribution in [0.15, 0.2) is 0 Å². The maximum Gasteiger partial charge on any atom is 0.0409 e. The molecule has 66 valence electrons. The maximum absolute atomic E-state index is 10.4. The van der Waals surface area contributed by atoms with Gasteiger partial charge in [0.05, 0.1) is 0 Å². The van der Waals surface area contributed by atoms with Gasteiger partial charge in [0.1, 0.15) is 0 Å². The quantitative estimate of drug-likeness (QED) is 0.635. The van der Waals surface area contributed by atoms with Crippen molar-refractivity contribution in [3.8, 4) is 0 Å². The summed E-state index contributed by atoms with van der Waals surface area (Å²) in [6.45, 7) is 4.60. The minimum atomic E-state index is -0.750. The second-order valence-electron chi connectivity index (χ2n) is 3.75. The predicted molar refractivity (Wildman–Crippen MR) is 48.8 cm³/mol. The summed E-state index contributed by atoms with van der Waals surface area (Å²) in [6.07, 6.45) is 3.70. The molecule has 0 aromatic heterocycles. The normalized spacial score (nSPS) is 40.1. The Bertz CT molecular complexity index is 121. The average Bonchev–Trinajstić information content (AvgIpc) is 1.98. The average molecular weight is 175 g/mol. The summed E-state index contributed by atoms with van der Waals surface area (Å²) in [7, 11) is -0.750. The van der Waals surface area contributed by atoms with Crippen LogP contribution in [0.25, 0.3) is 0 Å². The molecule has 0 amide bonds. The summed E-state index contributed by atoms with van der Waals surface area (Å²) in [6, 6.07) is 0.536. The fourth-order valence-corrected chi connectivity index (χ4v) is 2.29. The molecule has 1 rings (SSSR count). The second kappa shape index (κ2) is 4.39. The highest BCUT2D eigenvalue weighted by molar-refractivity contribution is 7.26. The van der Waals surface area contributed by atoms with E-state index in [4.69, 9.17) is 0 Å². The largest absolute Gasteiger partial charge is 0.669 e. The van der Waals surface area contributed by atoms with Crippen LogP contribution >= 0.6 is 8.96 Å². The molecule has 3 heteroatoms. The first-order valence-electron chi connectivity index (χ1n) is 4.43. The zero-order valence-corrected chi connectivity index (χ0v) is 8.49. The lowest BCUT2D eigenvalue weighted by Crippen LogP contribution is -2.32. The number of hydrogen-bond acceptors (Lipinski definition) is 2. The van der Waals surface area contributed by atoms with Gasteiger partial charge in [0, 0.05) is 15.0 Å². The predicted octanol–water partition coefficient (Wildman–Crippen LogP) is 1.00. The summed E-state index contributed by atoms with van der Waals surface area (Å²) in [5.41, 5.74) is 0. The first kappa shape index (κ1) is 9.44. The molecule has 1 aliphatic carbocycles. The molecule has 11 heavy (non-hydrogen) atoms. The third-order valence-corrected chi connectivity index (χ3v) is 3.51. The van der Waals surface area contributed by atoms with E-state index in [1.165, 1.54) is 19.3 Å². The molecular formula is C8H18NOP. The summed E-state index contributed by atoms with van der Waals surface area (Å²) in [5.74, 6) is 1.65. The fourth-order valence-electron chi connectivity index (χ4n) is 1.80. The zero-order valence-electron chi connectivity index (χ0n) is 7.34. The Balaban J connectivity index is 2.28. The molecule has 1 saturated carbocycles. The van der Waals surface area contributed by atoms with Crippen LogP contribution in [-0.2, 0) is 0 Å². The van der Waals surface area contributed by atoms with Crippen LogP contribution < -0.4 is 9.98 Å². The summed E-state index contributed by atoms with van der Waals surface area (Å²) in [4.78, 5) is 10.4. The van der Waals surface area contributed by atoms with Crippen molar-refractivity contribution in [3.05, 3.63) is 0 Å². The molecule has 0 spiro atoms. The molecule has 0 aromatic rings. The SMILES string of the molecule is C[C@H]1CCC(N[PH2+][O-])C[C@@H]1C. The number of hydrogen-bond donors (Lipinski definition) is 1. The second-order valence-corrected chi connectivity index (χ2v) is 4.32. The van der Waals surface area contributed by atoms with E-state index in [1.54, 1.807) is 0 Å². The topological polar surface area (TPSA) is 35.1 Å². The molecule has 0 aromatic carbocycles. The maximum atomic E-state index is 10.4. The van der Waals surface area contributed by atoms with Crippen molar-refractivity contribution in [1.82, 2.24) is 5.09 Å². The first-order valence-corrected chi connectivity index (χ1v) is 5.48. The Morgan fingerprint density at radius 2 is 2.00 bits per heavy atom. The van der Waals surface area contributed by atoms with E-state index >= 15 is 0 Å². The van der Waals surface area contributed by atoms with Gasteiger partial charge in [0.2, 0.25) is 0 Å². The standard InChI is InChI=1S/C8H18NOP/c1-6-3-4-8(9-11-10)5-7(6)2/h6-9H,3-5,11H2,1-2H3/t6-,7-,8?/m0/s1. The molecule has 0 heterocycles. The van der Waals surface area contributed by atoms with E-state index < -0.39 is 8.96 Å². The highest BCUT2D eigenvalue weighted by Crippen LogP contribution is 2.29. The van der Waals surface area contributed by atoms with Crippen molar-refractivity contribution in [1.29, 1.82) is 0 Å². The Labute approximate surface area is 70.7 Å². The van der Waals surface area contributed by atoms with Gasteiger partial charge in [0.15, 0.2) is 0 Å². The molecule has 1 aliphatic rings. The molecular weight excluding hydrogens is 157 g/mol. The summed E-state index contributed by atoms with van der Waals surface area (Å²) < 4.78 is 0. The van der Waals surface area contributed by atoms with Gasteiger partial charge in [-0.05, 0) is 31.1 Å². The van der Waals surface area contributed by atoms with Crippen molar-refractivity contribution in [2.24, 2.45) is 11.8 Å². The van der Waals surface area contributed by atoms with Gasteiger partial charge in [-0.15, -0.1) is 0 Å². The Hall–Kier alpha value is 0.350. The third kappa shape index (κ3) is 2.70. The lowest BCUT2D eigenvalue weighted by atomic mass is 9.79. The fraction of sp³-hybridized carbons (Fsp3) is 1.00. The van der Waals surface area contributed by atoms with Gasteiger partial charge in [-0.2, -0.15) is 5.09 Å². The Morgan fingerprint density at radius 3 is 2.55 bits per heavy atom. The van der Waals surface area contributed by atoms with E-state index in [-0.39, 0.29) is 0 Å². The lowest BCUT2D eigenvalue weighted by molar-refractivity contribution is -0.153. The van der Waals surface area contributed by atoms with Crippen LogP contribution in [0.2, 0.25) is 0 Å². The highest BCUT2D eigenvalue weighted by Gasteiger charge is 2.24. The minimum Gasteiger partial charge on any atom is -0.669 e. The smallest absolute Gasteiger partial charge is 0.0409 e. The zero-order chi connectivity index (χ0) is 8.27. The van der Waals surface area contributed by atoms with Crippen LogP contribution in [0, 0.1) is 11.8 Å². The van der Waals surface area contributed by atoms with Gasteiger partial charge < -0.3 is 4.89 Å².